The molecule has 184 valence electrons. The first-order valence-corrected chi connectivity index (χ1v) is 13.1. The van der Waals surface area contributed by atoms with Crippen LogP contribution in [-0.4, -0.2) is 40.0 Å². The molecule has 37 heavy (non-hydrogen) atoms. The number of hydrogen-bond donors (Lipinski definition) is 1. The van der Waals surface area contributed by atoms with Crippen LogP contribution in [0, 0.1) is 0 Å². The molecule has 0 radical (unpaired) electrons. The van der Waals surface area contributed by atoms with Gasteiger partial charge in [0.05, 0.1) is 5.69 Å². The number of anilines is 1. The van der Waals surface area contributed by atoms with Crippen molar-refractivity contribution < 1.29 is 9.18 Å². The number of fused-ring (bicyclic) bond motifs is 1. The van der Waals surface area contributed by atoms with Crippen LogP contribution >= 0.6 is 11.3 Å². The highest BCUT2D eigenvalue weighted by molar-refractivity contribution is 7.21. The average molecular weight is 509 g/mol. The quantitative estimate of drug-likeness (QED) is 0.273. The molecule has 0 spiro atoms. The van der Waals surface area contributed by atoms with E-state index in [4.69, 9.17) is 4.98 Å². The van der Waals surface area contributed by atoms with Crippen molar-refractivity contribution in [1.29, 1.82) is 0 Å². The van der Waals surface area contributed by atoms with Crippen molar-refractivity contribution in [1.82, 2.24) is 14.9 Å². The van der Waals surface area contributed by atoms with Gasteiger partial charge in [0.15, 0.2) is 0 Å². The molecule has 6 rings (SSSR count). The van der Waals surface area contributed by atoms with Crippen LogP contribution < -0.4 is 5.32 Å². The Morgan fingerprint density at radius 2 is 1.81 bits per heavy atom. The summed E-state index contributed by atoms with van der Waals surface area (Å²) >= 11 is 1.49. The number of rotatable bonds is 6. The summed E-state index contributed by atoms with van der Waals surface area (Å²) in [6.45, 7) is 1.91. The molecular weight excluding hydrogens is 483 g/mol. The Morgan fingerprint density at radius 3 is 2.65 bits per heavy atom. The van der Waals surface area contributed by atoms with Gasteiger partial charge in [-0.2, -0.15) is 0 Å². The number of aromatic nitrogens is 2. The molecular formula is C30H25FN4OS. The number of carbonyl (C=O) groups is 1. The second-order valence-corrected chi connectivity index (χ2v) is 10.2. The summed E-state index contributed by atoms with van der Waals surface area (Å²) in [5, 5.41) is 3.87. The lowest BCUT2D eigenvalue weighted by Gasteiger charge is -2.13. The van der Waals surface area contributed by atoms with Crippen LogP contribution in [0.1, 0.15) is 22.3 Å². The number of pyridine rings is 1. The van der Waals surface area contributed by atoms with Crippen LogP contribution in [0.3, 0.4) is 0 Å². The Kier molecular flexibility index (Phi) is 6.47. The Morgan fingerprint density at radius 1 is 1.00 bits per heavy atom. The maximum Gasteiger partial charge on any atom is 0.255 e. The number of amides is 1. The fraction of sp³-hybridized carbons (Fsp3) is 0.167. The van der Waals surface area contributed by atoms with Gasteiger partial charge in [-0.25, -0.2) is 14.4 Å². The van der Waals surface area contributed by atoms with Gasteiger partial charge in [0.25, 0.3) is 5.91 Å². The lowest BCUT2D eigenvalue weighted by Crippen LogP contribution is -2.20. The highest BCUT2D eigenvalue weighted by atomic mass is 32.1. The Hall–Kier alpha value is -3.94. The number of carbonyl (C=O) groups excluding carboxylic acids is 1. The van der Waals surface area contributed by atoms with Gasteiger partial charge in [0.2, 0.25) is 0 Å². The van der Waals surface area contributed by atoms with Gasteiger partial charge in [-0.05, 0) is 53.4 Å². The van der Waals surface area contributed by atoms with Crippen molar-refractivity contribution in [2.45, 2.75) is 19.1 Å². The summed E-state index contributed by atoms with van der Waals surface area (Å²) in [6.07, 6.45) is 1.70. The number of para-hydroxylation sites is 1. The number of benzene rings is 3. The highest BCUT2D eigenvalue weighted by Gasteiger charge is 2.22. The van der Waals surface area contributed by atoms with Crippen LogP contribution in [-0.2, 0) is 6.54 Å². The van der Waals surface area contributed by atoms with E-state index in [1.165, 1.54) is 11.3 Å². The molecule has 5 nitrogen and oxygen atoms in total. The zero-order chi connectivity index (χ0) is 25.2. The minimum absolute atomic E-state index is 0.177. The van der Waals surface area contributed by atoms with E-state index < -0.39 is 6.17 Å². The summed E-state index contributed by atoms with van der Waals surface area (Å²) in [5.74, 6) is -0.177. The molecule has 1 atom stereocenters. The standard InChI is InChI=1S/C30H25FN4OS/c31-24-13-14-35(19-24)18-20-15-27-30(32-17-20)37-29(34-27)25-11-4-5-12-26(25)33-28(36)23-10-6-9-22(16-23)21-7-2-1-3-8-21/h1-12,15-17,24H,13-14,18-19H2,(H,33,36)/t24-/m1/s1. The number of thiazole rings is 1. The third-order valence-corrected chi connectivity index (χ3v) is 7.58. The molecule has 0 bridgehead atoms. The Bertz CT molecular complexity index is 1570. The van der Waals surface area contributed by atoms with E-state index in [9.17, 15) is 9.18 Å². The molecule has 7 heteroatoms. The largest absolute Gasteiger partial charge is 0.321 e. The summed E-state index contributed by atoms with van der Waals surface area (Å²) in [4.78, 5) is 25.6. The number of nitrogens with one attached hydrogen (secondary N) is 1. The van der Waals surface area contributed by atoms with Crippen LogP contribution in [0.4, 0.5) is 10.1 Å². The van der Waals surface area contributed by atoms with Crippen LogP contribution in [0.5, 0.6) is 0 Å². The summed E-state index contributed by atoms with van der Waals surface area (Å²) in [6, 6.07) is 27.3. The molecule has 1 aliphatic rings. The predicted molar refractivity (Wildman–Crippen MR) is 147 cm³/mol. The third-order valence-electron chi connectivity index (χ3n) is 6.56. The molecule has 0 saturated carbocycles. The molecule has 1 amide bonds. The fourth-order valence-corrected chi connectivity index (χ4v) is 5.63. The van der Waals surface area contributed by atoms with Gasteiger partial charge in [-0.15, -0.1) is 0 Å². The van der Waals surface area contributed by atoms with Gasteiger partial charge in [-0.3, -0.25) is 9.69 Å². The molecule has 1 saturated heterocycles. The molecule has 0 unspecified atom stereocenters. The predicted octanol–water partition coefficient (Wildman–Crippen LogP) is 6.82. The van der Waals surface area contributed by atoms with Crippen LogP contribution in [0.2, 0.25) is 0 Å². The van der Waals surface area contributed by atoms with Crippen LogP contribution in [0.25, 0.3) is 32.0 Å². The molecule has 0 aliphatic carbocycles. The van der Waals surface area contributed by atoms with Gasteiger partial charge in [-0.1, -0.05) is 65.9 Å². The topological polar surface area (TPSA) is 58.1 Å². The van der Waals surface area contributed by atoms with E-state index in [-0.39, 0.29) is 5.91 Å². The molecule has 5 aromatic rings. The van der Waals surface area contributed by atoms with Gasteiger partial charge in [0.1, 0.15) is 21.5 Å². The molecule has 2 aromatic heterocycles. The van der Waals surface area contributed by atoms with E-state index in [2.05, 4.69) is 15.2 Å². The van der Waals surface area contributed by atoms with Crippen molar-refractivity contribution >= 4 is 33.3 Å². The zero-order valence-corrected chi connectivity index (χ0v) is 20.9. The van der Waals surface area contributed by atoms with Crippen molar-refractivity contribution in [3.8, 4) is 21.7 Å². The van der Waals surface area contributed by atoms with E-state index in [1.807, 2.05) is 91.1 Å². The molecule has 1 N–H and O–H groups in total. The average Bonchev–Trinajstić information content (AvgIpc) is 3.55. The van der Waals surface area contributed by atoms with Crippen LogP contribution in [0.15, 0.2) is 91.1 Å². The monoisotopic (exact) mass is 508 g/mol. The zero-order valence-electron chi connectivity index (χ0n) is 20.1. The third kappa shape index (κ3) is 5.14. The maximum absolute atomic E-state index is 13.6. The summed E-state index contributed by atoms with van der Waals surface area (Å²) in [7, 11) is 0. The highest BCUT2D eigenvalue weighted by Crippen LogP contribution is 2.34. The van der Waals surface area contributed by atoms with Gasteiger partial charge >= 0.3 is 0 Å². The first-order valence-electron chi connectivity index (χ1n) is 12.3. The van der Waals surface area contributed by atoms with E-state index in [0.717, 1.165) is 44.2 Å². The lowest BCUT2D eigenvalue weighted by atomic mass is 10.0. The first kappa shape index (κ1) is 23.5. The molecule has 1 fully saturated rings. The maximum atomic E-state index is 13.6. The van der Waals surface area contributed by atoms with Crippen molar-refractivity contribution in [2.75, 3.05) is 18.4 Å². The molecule has 1 aliphatic heterocycles. The Balaban J connectivity index is 1.25. The second-order valence-electron chi connectivity index (χ2n) is 9.25. The fourth-order valence-electron chi connectivity index (χ4n) is 4.70. The van der Waals surface area contributed by atoms with Crippen molar-refractivity contribution in [3.63, 3.8) is 0 Å². The molecule has 3 heterocycles. The normalized spacial score (nSPS) is 15.8. The van der Waals surface area contributed by atoms with Gasteiger partial charge in [0, 0.05) is 37.0 Å². The minimum atomic E-state index is -0.741. The summed E-state index contributed by atoms with van der Waals surface area (Å²) in [5.41, 5.74) is 6.02. The minimum Gasteiger partial charge on any atom is -0.321 e. The number of halogens is 1. The van der Waals surface area contributed by atoms with Crippen molar-refractivity contribution in [3.05, 3.63) is 102 Å². The Labute approximate surface area is 218 Å². The molecule has 3 aromatic carbocycles. The van der Waals surface area contributed by atoms with E-state index >= 15 is 0 Å². The number of likely N-dealkylation sites (tertiary alicyclic amines) is 1. The van der Waals surface area contributed by atoms with Crippen molar-refractivity contribution in [2.24, 2.45) is 0 Å². The van der Waals surface area contributed by atoms with E-state index in [0.29, 0.717) is 30.8 Å². The number of nitrogens with zero attached hydrogens (tertiary/aromatic N) is 3. The lowest BCUT2D eigenvalue weighted by molar-refractivity contribution is 0.102. The van der Waals surface area contributed by atoms with Gasteiger partial charge < -0.3 is 5.32 Å². The number of hydrogen-bond acceptors (Lipinski definition) is 5. The summed E-state index contributed by atoms with van der Waals surface area (Å²) < 4.78 is 13.6. The SMILES string of the molecule is O=C(Nc1ccccc1-c1nc2cc(CN3CC[C@@H](F)C3)cnc2s1)c1cccc(-c2ccccc2)c1. The number of alkyl halides is 1. The first-order chi connectivity index (χ1) is 18.1. The smallest absolute Gasteiger partial charge is 0.255 e. The second kappa shape index (κ2) is 10.2. The van der Waals surface area contributed by atoms with E-state index in [1.54, 1.807) is 0 Å².